The zero-order chi connectivity index (χ0) is 17.3. The van der Waals surface area contributed by atoms with Crippen molar-refractivity contribution in [3.05, 3.63) is 35.9 Å². The molecule has 3 heterocycles. The third kappa shape index (κ3) is 4.23. The fourth-order valence-electron chi connectivity index (χ4n) is 3.75. The summed E-state index contributed by atoms with van der Waals surface area (Å²) in [5.74, 6) is 0.538. The molecular weight excluding hydrogens is 296 g/mol. The number of pyridine rings is 1. The van der Waals surface area contributed by atoms with Crippen LogP contribution in [0.15, 0.2) is 24.5 Å². The highest BCUT2D eigenvalue weighted by Gasteiger charge is 2.25. The molecule has 0 bridgehead atoms. The Morgan fingerprint density at radius 1 is 1.21 bits per heavy atom. The van der Waals surface area contributed by atoms with Crippen LogP contribution in [0.1, 0.15) is 50.9 Å². The monoisotopic (exact) mass is 326 g/mol. The molecule has 3 rings (SSSR count). The summed E-state index contributed by atoms with van der Waals surface area (Å²) in [4.78, 5) is 7.48. The average Bonchev–Trinajstić information content (AvgIpc) is 2.92. The number of nitrogens with zero attached hydrogens (tertiary/aromatic N) is 4. The van der Waals surface area contributed by atoms with E-state index in [1.54, 1.807) is 0 Å². The van der Waals surface area contributed by atoms with E-state index in [1.807, 2.05) is 17.9 Å². The number of hydrogen-bond donors (Lipinski definition) is 0. The second kappa shape index (κ2) is 6.67. The van der Waals surface area contributed by atoms with Crippen LogP contribution in [0.2, 0.25) is 0 Å². The molecule has 130 valence electrons. The SMILES string of the molecule is Cc1cc(-c2cnn(C)c2)cc([C@@H]2CCCN(CC(C)(C)C)C2)n1. The molecule has 0 radical (unpaired) electrons. The Hall–Kier alpha value is -1.68. The molecule has 24 heavy (non-hydrogen) atoms. The number of aromatic nitrogens is 3. The Balaban J connectivity index is 1.82. The summed E-state index contributed by atoms with van der Waals surface area (Å²) in [7, 11) is 1.96. The van der Waals surface area contributed by atoms with E-state index in [4.69, 9.17) is 4.98 Å². The van der Waals surface area contributed by atoms with Gasteiger partial charge in [-0.15, -0.1) is 0 Å². The van der Waals surface area contributed by atoms with Gasteiger partial charge in [0.15, 0.2) is 0 Å². The van der Waals surface area contributed by atoms with Crippen molar-refractivity contribution in [2.24, 2.45) is 12.5 Å². The zero-order valence-corrected chi connectivity index (χ0v) is 15.7. The third-order valence-electron chi connectivity index (χ3n) is 4.63. The molecule has 4 nitrogen and oxygen atoms in total. The van der Waals surface area contributed by atoms with Crippen LogP contribution in [-0.4, -0.2) is 39.3 Å². The first-order valence-corrected chi connectivity index (χ1v) is 9.00. The molecule has 0 aromatic carbocycles. The van der Waals surface area contributed by atoms with Crippen LogP contribution in [0.5, 0.6) is 0 Å². The lowest BCUT2D eigenvalue weighted by atomic mass is 9.90. The molecule has 0 aliphatic carbocycles. The minimum Gasteiger partial charge on any atom is -0.302 e. The van der Waals surface area contributed by atoms with Crippen LogP contribution in [0, 0.1) is 12.3 Å². The first-order valence-electron chi connectivity index (χ1n) is 9.00. The van der Waals surface area contributed by atoms with E-state index in [2.05, 4.69) is 56.0 Å². The minimum atomic E-state index is 0.350. The van der Waals surface area contributed by atoms with Gasteiger partial charge in [0, 0.05) is 49.2 Å². The minimum absolute atomic E-state index is 0.350. The third-order valence-corrected chi connectivity index (χ3v) is 4.63. The lowest BCUT2D eigenvalue weighted by Gasteiger charge is -2.36. The molecule has 0 saturated carbocycles. The van der Waals surface area contributed by atoms with E-state index in [9.17, 15) is 0 Å². The number of aryl methyl sites for hydroxylation is 2. The van der Waals surface area contributed by atoms with Crippen molar-refractivity contribution in [1.82, 2.24) is 19.7 Å². The smallest absolute Gasteiger partial charge is 0.0568 e. The second-order valence-corrected chi connectivity index (χ2v) is 8.46. The Morgan fingerprint density at radius 3 is 2.67 bits per heavy atom. The van der Waals surface area contributed by atoms with Crippen LogP contribution < -0.4 is 0 Å². The van der Waals surface area contributed by atoms with Gasteiger partial charge in [-0.05, 0) is 49.4 Å². The molecule has 1 fully saturated rings. The van der Waals surface area contributed by atoms with E-state index in [0.29, 0.717) is 11.3 Å². The summed E-state index contributed by atoms with van der Waals surface area (Å²) in [6.45, 7) is 12.6. The first-order chi connectivity index (χ1) is 11.3. The molecule has 4 heteroatoms. The van der Waals surface area contributed by atoms with E-state index in [0.717, 1.165) is 18.8 Å². The predicted octanol–water partition coefficient (Wildman–Crippen LogP) is 4.02. The Bertz CT molecular complexity index is 696. The predicted molar refractivity (Wildman–Crippen MR) is 99.0 cm³/mol. The number of rotatable bonds is 3. The normalized spacial score (nSPS) is 19.6. The molecular formula is C20H30N4. The van der Waals surface area contributed by atoms with Gasteiger partial charge in [-0.25, -0.2) is 0 Å². The van der Waals surface area contributed by atoms with Gasteiger partial charge in [-0.2, -0.15) is 5.10 Å². The van der Waals surface area contributed by atoms with E-state index in [-0.39, 0.29) is 0 Å². The van der Waals surface area contributed by atoms with Crippen LogP contribution in [-0.2, 0) is 7.05 Å². The standard InChI is InChI=1S/C20H30N4/c1-15-9-17(18-11-21-23(5)12-18)10-19(22-15)16-7-6-8-24(13-16)14-20(2,3)4/h9-12,16H,6-8,13-14H2,1-5H3/t16-/m1/s1. The molecule has 2 aromatic rings. The molecule has 1 aliphatic heterocycles. The van der Waals surface area contributed by atoms with Crippen LogP contribution in [0.4, 0.5) is 0 Å². The van der Waals surface area contributed by atoms with Crippen molar-refractivity contribution in [2.75, 3.05) is 19.6 Å². The first kappa shape index (κ1) is 17.2. The van der Waals surface area contributed by atoms with Crippen LogP contribution >= 0.6 is 0 Å². The maximum atomic E-state index is 4.87. The molecule has 1 atom stereocenters. The number of likely N-dealkylation sites (tertiary alicyclic amines) is 1. The van der Waals surface area contributed by atoms with Crippen molar-refractivity contribution < 1.29 is 0 Å². The highest BCUT2D eigenvalue weighted by molar-refractivity contribution is 5.62. The Morgan fingerprint density at radius 2 is 2.00 bits per heavy atom. The van der Waals surface area contributed by atoms with Gasteiger partial charge in [0.25, 0.3) is 0 Å². The van der Waals surface area contributed by atoms with Crippen LogP contribution in [0.25, 0.3) is 11.1 Å². The quantitative estimate of drug-likeness (QED) is 0.854. The van der Waals surface area contributed by atoms with Crippen molar-refractivity contribution >= 4 is 0 Å². The van der Waals surface area contributed by atoms with Gasteiger partial charge in [-0.1, -0.05) is 20.8 Å². The average molecular weight is 326 g/mol. The van der Waals surface area contributed by atoms with Crippen molar-refractivity contribution in [2.45, 2.75) is 46.5 Å². The summed E-state index contributed by atoms with van der Waals surface area (Å²) in [5.41, 5.74) is 5.10. The molecule has 0 spiro atoms. The second-order valence-electron chi connectivity index (χ2n) is 8.46. The molecule has 0 amide bonds. The van der Waals surface area contributed by atoms with Crippen molar-refractivity contribution in [3.8, 4) is 11.1 Å². The van der Waals surface area contributed by atoms with Gasteiger partial charge < -0.3 is 4.90 Å². The van der Waals surface area contributed by atoms with Gasteiger partial charge in [-0.3, -0.25) is 9.67 Å². The van der Waals surface area contributed by atoms with Crippen molar-refractivity contribution in [1.29, 1.82) is 0 Å². The summed E-state index contributed by atoms with van der Waals surface area (Å²) in [6, 6.07) is 4.44. The molecule has 1 aliphatic rings. The Kier molecular flexibility index (Phi) is 4.77. The van der Waals surface area contributed by atoms with Gasteiger partial charge in [0.2, 0.25) is 0 Å². The maximum Gasteiger partial charge on any atom is 0.0568 e. The Labute approximate surface area is 145 Å². The molecule has 0 unspecified atom stereocenters. The highest BCUT2D eigenvalue weighted by atomic mass is 15.2. The fourth-order valence-corrected chi connectivity index (χ4v) is 3.75. The molecule has 2 aromatic heterocycles. The van der Waals surface area contributed by atoms with E-state index in [1.165, 1.54) is 36.2 Å². The molecule has 0 N–H and O–H groups in total. The van der Waals surface area contributed by atoms with Crippen LogP contribution in [0.3, 0.4) is 0 Å². The largest absolute Gasteiger partial charge is 0.302 e. The maximum absolute atomic E-state index is 4.87. The van der Waals surface area contributed by atoms with Crippen molar-refractivity contribution in [3.63, 3.8) is 0 Å². The summed E-state index contributed by atoms with van der Waals surface area (Å²) >= 11 is 0. The summed E-state index contributed by atoms with van der Waals surface area (Å²) in [6.07, 6.45) is 6.51. The zero-order valence-electron chi connectivity index (χ0n) is 15.7. The van der Waals surface area contributed by atoms with E-state index >= 15 is 0 Å². The summed E-state index contributed by atoms with van der Waals surface area (Å²) < 4.78 is 1.86. The lowest BCUT2D eigenvalue weighted by molar-refractivity contribution is 0.149. The highest BCUT2D eigenvalue weighted by Crippen LogP contribution is 2.30. The number of piperidine rings is 1. The fraction of sp³-hybridized carbons (Fsp3) is 0.600. The summed E-state index contributed by atoms with van der Waals surface area (Å²) in [5, 5.41) is 4.31. The number of hydrogen-bond acceptors (Lipinski definition) is 3. The van der Waals surface area contributed by atoms with E-state index < -0.39 is 0 Å². The topological polar surface area (TPSA) is 34.0 Å². The van der Waals surface area contributed by atoms with Gasteiger partial charge >= 0.3 is 0 Å². The lowest BCUT2D eigenvalue weighted by Crippen LogP contribution is -2.39. The van der Waals surface area contributed by atoms with Gasteiger partial charge in [0.1, 0.15) is 0 Å². The molecule has 1 saturated heterocycles. The van der Waals surface area contributed by atoms with Gasteiger partial charge in [0.05, 0.1) is 6.20 Å².